The summed E-state index contributed by atoms with van der Waals surface area (Å²) in [6, 6.07) is 4.34. The van der Waals surface area contributed by atoms with Crippen molar-refractivity contribution in [3.63, 3.8) is 0 Å². The number of fused-ring (bicyclic) bond motifs is 1. The third kappa shape index (κ3) is 2.54. The maximum absolute atomic E-state index is 14.0. The highest BCUT2D eigenvalue weighted by Gasteiger charge is 2.20. The topological polar surface area (TPSA) is 55.1 Å². The first-order chi connectivity index (χ1) is 10.9. The van der Waals surface area contributed by atoms with E-state index in [0.717, 1.165) is 6.33 Å². The van der Waals surface area contributed by atoms with Gasteiger partial charge in [-0.2, -0.15) is 4.98 Å². The molecule has 0 amide bonds. The summed E-state index contributed by atoms with van der Waals surface area (Å²) in [6.45, 7) is 1.50. The molecule has 1 atom stereocenters. The average Bonchev–Trinajstić information content (AvgIpc) is 2.47. The number of rotatable bonds is 2. The molecule has 1 aromatic heterocycles. The molecule has 0 aliphatic heterocycles. The Kier molecular flexibility index (Phi) is 3.55. The molecule has 118 valence electrons. The summed E-state index contributed by atoms with van der Waals surface area (Å²) >= 11 is 0. The Morgan fingerprint density at radius 3 is 2.43 bits per heavy atom. The van der Waals surface area contributed by atoms with Gasteiger partial charge in [0.2, 0.25) is 0 Å². The van der Waals surface area contributed by atoms with E-state index >= 15 is 0 Å². The van der Waals surface area contributed by atoms with Crippen molar-refractivity contribution in [1.29, 1.82) is 0 Å². The average molecular weight is 320 g/mol. The summed E-state index contributed by atoms with van der Waals surface area (Å²) in [5.41, 5.74) is -0.566. The van der Waals surface area contributed by atoms with E-state index in [1.165, 1.54) is 29.7 Å². The fraction of sp³-hybridized carbons (Fsp3) is 0.125. The molecule has 0 radical (unpaired) electrons. The van der Waals surface area contributed by atoms with E-state index in [1.54, 1.807) is 0 Å². The molecule has 0 saturated heterocycles. The van der Waals surface area contributed by atoms with Gasteiger partial charge in [-0.05, 0) is 25.1 Å². The van der Waals surface area contributed by atoms with Crippen molar-refractivity contribution in [2.75, 3.05) is 0 Å². The van der Waals surface area contributed by atoms with E-state index in [9.17, 15) is 23.1 Å². The summed E-state index contributed by atoms with van der Waals surface area (Å²) in [5.74, 6) is -3.19. The number of phenolic OH excluding ortho intramolecular Hbond substituents is 1. The smallest absolute Gasteiger partial charge is 0.280 e. The fourth-order valence-electron chi connectivity index (χ4n) is 2.57. The number of benzene rings is 2. The van der Waals surface area contributed by atoms with Gasteiger partial charge in [-0.1, -0.05) is 0 Å². The van der Waals surface area contributed by atoms with E-state index in [4.69, 9.17) is 0 Å². The van der Waals surface area contributed by atoms with Crippen LogP contribution in [0.1, 0.15) is 18.5 Å². The van der Waals surface area contributed by atoms with Gasteiger partial charge in [0.1, 0.15) is 23.2 Å². The second-order valence-electron chi connectivity index (χ2n) is 5.12. The van der Waals surface area contributed by atoms with Crippen LogP contribution in [0.15, 0.2) is 41.5 Å². The van der Waals surface area contributed by atoms with Crippen molar-refractivity contribution in [2.24, 2.45) is 0 Å². The highest BCUT2D eigenvalue weighted by Crippen LogP contribution is 2.27. The monoisotopic (exact) mass is 320 g/mol. The molecule has 3 rings (SSSR count). The largest absolute Gasteiger partial charge is 0.508 e. The number of aromatic nitrogens is 2. The molecule has 0 aliphatic rings. The van der Waals surface area contributed by atoms with Gasteiger partial charge in [-0.25, -0.2) is 13.2 Å². The highest BCUT2D eigenvalue weighted by atomic mass is 19.1. The Bertz CT molecular complexity index is 946. The first-order valence-corrected chi connectivity index (χ1v) is 6.73. The zero-order chi connectivity index (χ0) is 16.7. The lowest BCUT2D eigenvalue weighted by molar-refractivity contribution is 0.475. The number of aromatic hydroxyl groups is 1. The molecule has 0 fully saturated rings. The number of halogens is 3. The lowest BCUT2D eigenvalue weighted by Gasteiger charge is -2.19. The van der Waals surface area contributed by atoms with Gasteiger partial charge in [0, 0.05) is 17.7 Å². The second-order valence-corrected chi connectivity index (χ2v) is 5.12. The van der Waals surface area contributed by atoms with E-state index in [2.05, 4.69) is 4.98 Å². The molecule has 3 aromatic rings. The molecule has 1 heterocycles. The molecule has 1 N–H and O–H groups in total. The quantitative estimate of drug-likeness (QED) is 0.789. The molecule has 0 aliphatic carbocycles. The van der Waals surface area contributed by atoms with Crippen molar-refractivity contribution >= 4 is 10.9 Å². The van der Waals surface area contributed by atoms with Gasteiger partial charge in [0.05, 0.1) is 23.3 Å². The standard InChI is InChI=1S/C16H11F3N2O2/c1-8(15-12(18)4-9(17)5-13(15)19)21-7-20-16(23)11-6-10(22)2-3-14(11)21/h2-8,22H,1H3/t8-/m0/s1. The minimum Gasteiger partial charge on any atom is -0.508 e. The molecule has 7 heteroatoms. The van der Waals surface area contributed by atoms with E-state index in [-0.39, 0.29) is 16.7 Å². The molecule has 0 spiro atoms. The normalized spacial score (nSPS) is 12.5. The minimum atomic E-state index is -1.03. The summed E-state index contributed by atoms with van der Waals surface area (Å²) in [6.07, 6.45) is 1.16. The molecule has 2 aromatic carbocycles. The van der Waals surface area contributed by atoms with Crippen molar-refractivity contribution < 1.29 is 18.3 Å². The summed E-state index contributed by atoms with van der Waals surface area (Å²) in [5, 5.41) is 9.60. The molecule has 0 bridgehead atoms. The molecule has 4 nitrogen and oxygen atoms in total. The Hall–Kier alpha value is -2.83. The third-order valence-electron chi connectivity index (χ3n) is 3.67. The van der Waals surface area contributed by atoms with Gasteiger partial charge in [0.25, 0.3) is 5.56 Å². The van der Waals surface area contributed by atoms with Gasteiger partial charge in [-0.15, -0.1) is 0 Å². The zero-order valence-corrected chi connectivity index (χ0v) is 11.9. The number of phenols is 1. The van der Waals surface area contributed by atoms with Gasteiger partial charge < -0.3 is 9.67 Å². The van der Waals surface area contributed by atoms with Gasteiger partial charge in [-0.3, -0.25) is 4.79 Å². The van der Waals surface area contributed by atoms with Crippen molar-refractivity contribution in [3.05, 3.63) is 70.0 Å². The molecule has 0 saturated carbocycles. The van der Waals surface area contributed by atoms with Crippen LogP contribution in [-0.4, -0.2) is 14.7 Å². The Labute approximate surface area is 128 Å². The van der Waals surface area contributed by atoms with Crippen molar-refractivity contribution in [1.82, 2.24) is 9.55 Å². The minimum absolute atomic E-state index is 0.113. The lowest BCUT2D eigenvalue weighted by atomic mass is 10.1. The van der Waals surface area contributed by atoms with Crippen LogP contribution in [0, 0.1) is 17.5 Å². The van der Waals surface area contributed by atoms with Gasteiger partial charge in [0.15, 0.2) is 0 Å². The Morgan fingerprint density at radius 2 is 1.78 bits per heavy atom. The first kappa shape index (κ1) is 15.1. The van der Waals surface area contributed by atoms with Crippen LogP contribution in [0.3, 0.4) is 0 Å². The van der Waals surface area contributed by atoms with Crippen molar-refractivity contribution in [2.45, 2.75) is 13.0 Å². The second kappa shape index (κ2) is 5.42. The third-order valence-corrected chi connectivity index (χ3v) is 3.67. The lowest BCUT2D eigenvalue weighted by Crippen LogP contribution is -2.17. The highest BCUT2D eigenvalue weighted by molar-refractivity contribution is 5.79. The fourth-order valence-corrected chi connectivity index (χ4v) is 2.57. The first-order valence-electron chi connectivity index (χ1n) is 6.73. The van der Waals surface area contributed by atoms with E-state index in [1.807, 2.05) is 0 Å². The maximum Gasteiger partial charge on any atom is 0.280 e. The Balaban J connectivity index is 2.25. The summed E-state index contributed by atoms with van der Waals surface area (Å²) in [7, 11) is 0. The summed E-state index contributed by atoms with van der Waals surface area (Å²) < 4.78 is 42.4. The van der Waals surface area contributed by atoms with Crippen LogP contribution in [0.25, 0.3) is 10.9 Å². The van der Waals surface area contributed by atoms with Crippen molar-refractivity contribution in [3.8, 4) is 5.75 Å². The number of nitrogens with zero attached hydrogens (tertiary/aromatic N) is 2. The van der Waals surface area contributed by atoms with Crippen LogP contribution in [0.5, 0.6) is 5.75 Å². The maximum atomic E-state index is 14.0. The summed E-state index contributed by atoms with van der Waals surface area (Å²) in [4.78, 5) is 15.4. The molecule has 0 unspecified atom stereocenters. The van der Waals surface area contributed by atoms with Crippen LogP contribution in [0.2, 0.25) is 0 Å². The van der Waals surface area contributed by atoms with E-state index < -0.39 is 29.1 Å². The number of hydrogen-bond donors (Lipinski definition) is 1. The van der Waals surface area contributed by atoms with Crippen LogP contribution >= 0.6 is 0 Å². The Morgan fingerprint density at radius 1 is 1.13 bits per heavy atom. The molecular weight excluding hydrogens is 309 g/mol. The zero-order valence-electron chi connectivity index (χ0n) is 11.9. The molecule has 23 heavy (non-hydrogen) atoms. The van der Waals surface area contributed by atoms with Crippen LogP contribution in [0.4, 0.5) is 13.2 Å². The van der Waals surface area contributed by atoms with Crippen LogP contribution in [-0.2, 0) is 0 Å². The predicted octanol–water partition coefficient (Wildman–Crippen LogP) is 3.13. The van der Waals surface area contributed by atoms with E-state index in [0.29, 0.717) is 17.6 Å². The van der Waals surface area contributed by atoms with Crippen LogP contribution < -0.4 is 5.56 Å². The SMILES string of the molecule is C[C@@H](c1c(F)cc(F)cc1F)n1cnc(=O)c2cc(O)ccc21. The predicted molar refractivity (Wildman–Crippen MR) is 77.8 cm³/mol. The van der Waals surface area contributed by atoms with Gasteiger partial charge >= 0.3 is 0 Å². The molecular formula is C16H11F3N2O2. The number of hydrogen-bond acceptors (Lipinski definition) is 3.